The fourth-order valence-electron chi connectivity index (χ4n) is 2.79. The number of carboxylic acid groups (broad SMARTS) is 1. The summed E-state index contributed by atoms with van der Waals surface area (Å²) in [7, 11) is 0. The Labute approximate surface area is 141 Å². The maximum atomic E-state index is 13.6. The van der Waals surface area contributed by atoms with E-state index in [9.17, 15) is 13.6 Å². The number of aryl methyl sites for hydroxylation is 1. The van der Waals surface area contributed by atoms with Gasteiger partial charge in [-0.25, -0.2) is 8.78 Å². The zero-order valence-electron chi connectivity index (χ0n) is 12.6. The Balaban J connectivity index is 2.11. The largest absolute Gasteiger partial charge is 0.481 e. The fraction of sp³-hybridized carbons (Fsp3) is 0.167. The lowest BCUT2D eigenvalue weighted by Crippen LogP contribution is -1.97. The van der Waals surface area contributed by atoms with E-state index in [1.54, 1.807) is 12.1 Å². The van der Waals surface area contributed by atoms with Crippen LogP contribution in [0.5, 0.6) is 0 Å². The number of carboxylic acids is 1. The molecular formula is C18H14ClF2NO2. The SMILES string of the molecule is O=C(O)CCCc1c(-c2ccc(F)c(F)c2)[nH]c2ccc(Cl)cc12. The van der Waals surface area contributed by atoms with Gasteiger partial charge in [-0.1, -0.05) is 11.6 Å². The number of H-pyrrole nitrogens is 1. The number of hydrogen-bond acceptors (Lipinski definition) is 1. The summed E-state index contributed by atoms with van der Waals surface area (Å²) in [4.78, 5) is 14.0. The van der Waals surface area contributed by atoms with Gasteiger partial charge in [-0.15, -0.1) is 0 Å². The molecule has 0 unspecified atom stereocenters. The Morgan fingerprint density at radius 3 is 2.62 bits per heavy atom. The number of rotatable bonds is 5. The van der Waals surface area contributed by atoms with Gasteiger partial charge in [0.2, 0.25) is 0 Å². The van der Waals surface area contributed by atoms with Gasteiger partial charge in [0, 0.05) is 33.6 Å². The highest BCUT2D eigenvalue weighted by Crippen LogP contribution is 2.33. The van der Waals surface area contributed by atoms with Crippen molar-refractivity contribution >= 4 is 28.5 Å². The summed E-state index contributed by atoms with van der Waals surface area (Å²) < 4.78 is 26.8. The highest BCUT2D eigenvalue weighted by molar-refractivity contribution is 6.31. The molecule has 0 aliphatic rings. The molecule has 1 heterocycles. The summed E-state index contributed by atoms with van der Waals surface area (Å²) in [6.45, 7) is 0. The average Bonchev–Trinajstić information content (AvgIpc) is 2.88. The third kappa shape index (κ3) is 3.26. The highest BCUT2D eigenvalue weighted by atomic mass is 35.5. The zero-order valence-corrected chi connectivity index (χ0v) is 13.3. The summed E-state index contributed by atoms with van der Waals surface area (Å²) in [5.74, 6) is -2.71. The van der Waals surface area contributed by atoms with Gasteiger partial charge in [-0.05, 0) is 54.8 Å². The lowest BCUT2D eigenvalue weighted by molar-refractivity contribution is -0.137. The van der Waals surface area contributed by atoms with Gasteiger partial charge >= 0.3 is 5.97 Å². The van der Waals surface area contributed by atoms with Crippen molar-refractivity contribution in [3.05, 3.63) is 58.6 Å². The maximum absolute atomic E-state index is 13.6. The quantitative estimate of drug-likeness (QED) is 0.667. The molecule has 0 fully saturated rings. The van der Waals surface area contributed by atoms with E-state index >= 15 is 0 Å². The number of aliphatic carboxylic acids is 1. The van der Waals surface area contributed by atoms with Crippen molar-refractivity contribution < 1.29 is 18.7 Å². The van der Waals surface area contributed by atoms with Crippen LogP contribution in [0, 0.1) is 11.6 Å². The molecule has 124 valence electrons. The molecule has 0 saturated heterocycles. The molecule has 6 heteroatoms. The molecule has 3 nitrogen and oxygen atoms in total. The van der Waals surface area contributed by atoms with Crippen LogP contribution in [0.2, 0.25) is 5.02 Å². The van der Waals surface area contributed by atoms with Crippen LogP contribution in [0.3, 0.4) is 0 Å². The predicted octanol–water partition coefficient (Wildman–Crippen LogP) is 5.17. The number of aromatic nitrogens is 1. The molecule has 0 aliphatic carbocycles. The second kappa shape index (κ2) is 6.61. The fourth-order valence-corrected chi connectivity index (χ4v) is 2.97. The Kier molecular flexibility index (Phi) is 4.53. The zero-order chi connectivity index (χ0) is 17.3. The Morgan fingerprint density at radius 2 is 1.92 bits per heavy atom. The molecule has 0 atom stereocenters. The predicted molar refractivity (Wildman–Crippen MR) is 89.2 cm³/mol. The maximum Gasteiger partial charge on any atom is 0.303 e. The van der Waals surface area contributed by atoms with Gasteiger partial charge in [-0.3, -0.25) is 4.79 Å². The summed E-state index contributed by atoms with van der Waals surface area (Å²) in [6.07, 6.45) is 0.955. The lowest BCUT2D eigenvalue weighted by atomic mass is 10.00. The van der Waals surface area contributed by atoms with Gasteiger partial charge in [-0.2, -0.15) is 0 Å². The minimum absolute atomic E-state index is 0.0322. The molecule has 0 amide bonds. The van der Waals surface area contributed by atoms with Crippen LogP contribution in [-0.2, 0) is 11.2 Å². The van der Waals surface area contributed by atoms with Crippen molar-refractivity contribution in [3.63, 3.8) is 0 Å². The Hall–Kier alpha value is -2.40. The standard InChI is InChI=1S/C18H14ClF2NO2/c19-11-5-7-16-13(9-11)12(2-1-3-17(23)24)18(22-16)10-4-6-14(20)15(21)8-10/h4-9,22H,1-3H2,(H,23,24). The molecule has 2 aromatic carbocycles. The number of aromatic amines is 1. The molecule has 0 bridgehead atoms. The molecule has 0 radical (unpaired) electrons. The Morgan fingerprint density at radius 1 is 1.12 bits per heavy atom. The number of nitrogens with one attached hydrogen (secondary N) is 1. The summed E-state index contributed by atoms with van der Waals surface area (Å²) in [6, 6.07) is 9.02. The van der Waals surface area contributed by atoms with E-state index in [1.165, 1.54) is 6.07 Å². The van der Waals surface area contributed by atoms with Crippen LogP contribution < -0.4 is 0 Å². The second-order valence-corrected chi connectivity index (χ2v) is 5.98. The lowest BCUT2D eigenvalue weighted by Gasteiger charge is -2.05. The highest BCUT2D eigenvalue weighted by Gasteiger charge is 2.15. The third-order valence-electron chi connectivity index (χ3n) is 3.89. The van der Waals surface area contributed by atoms with Crippen LogP contribution in [-0.4, -0.2) is 16.1 Å². The van der Waals surface area contributed by atoms with Crippen LogP contribution in [0.15, 0.2) is 36.4 Å². The first-order valence-corrected chi connectivity index (χ1v) is 7.81. The summed E-state index contributed by atoms with van der Waals surface area (Å²) >= 11 is 6.06. The van der Waals surface area contributed by atoms with E-state index in [4.69, 9.17) is 16.7 Å². The van der Waals surface area contributed by atoms with Crippen molar-refractivity contribution in [3.8, 4) is 11.3 Å². The molecule has 3 aromatic rings. The first kappa shape index (κ1) is 16.5. The molecule has 3 rings (SSSR count). The first-order chi connectivity index (χ1) is 11.5. The smallest absolute Gasteiger partial charge is 0.303 e. The third-order valence-corrected chi connectivity index (χ3v) is 4.13. The second-order valence-electron chi connectivity index (χ2n) is 5.54. The van der Waals surface area contributed by atoms with Crippen LogP contribution >= 0.6 is 11.6 Å². The van der Waals surface area contributed by atoms with Crippen LogP contribution in [0.25, 0.3) is 22.2 Å². The minimum Gasteiger partial charge on any atom is -0.481 e. The van der Waals surface area contributed by atoms with E-state index in [0.29, 0.717) is 29.1 Å². The van der Waals surface area contributed by atoms with Crippen molar-refractivity contribution in [1.82, 2.24) is 4.98 Å². The molecule has 24 heavy (non-hydrogen) atoms. The van der Waals surface area contributed by atoms with Crippen molar-refractivity contribution in [1.29, 1.82) is 0 Å². The minimum atomic E-state index is -0.930. The van der Waals surface area contributed by atoms with Crippen LogP contribution in [0.4, 0.5) is 8.78 Å². The molecular weight excluding hydrogens is 336 g/mol. The van der Waals surface area contributed by atoms with E-state index in [2.05, 4.69) is 4.98 Å². The van der Waals surface area contributed by atoms with Gasteiger partial charge < -0.3 is 10.1 Å². The van der Waals surface area contributed by atoms with Crippen LogP contribution in [0.1, 0.15) is 18.4 Å². The normalized spacial score (nSPS) is 11.1. The monoisotopic (exact) mass is 349 g/mol. The van der Waals surface area contributed by atoms with E-state index in [1.807, 2.05) is 6.07 Å². The van der Waals surface area contributed by atoms with Gasteiger partial charge in [0.25, 0.3) is 0 Å². The summed E-state index contributed by atoms with van der Waals surface area (Å²) in [5.41, 5.74) is 2.81. The van der Waals surface area contributed by atoms with Gasteiger partial charge in [0.05, 0.1) is 0 Å². The van der Waals surface area contributed by atoms with Crippen molar-refractivity contribution in [2.45, 2.75) is 19.3 Å². The van der Waals surface area contributed by atoms with E-state index in [0.717, 1.165) is 28.6 Å². The van der Waals surface area contributed by atoms with Crippen molar-refractivity contribution in [2.75, 3.05) is 0 Å². The molecule has 1 aromatic heterocycles. The average molecular weight is 350 g/mol. The van der Waals surface area contributed by atoms with Crippen molar-refractivity contribution in [2.24, 2.45) is 0 Å². The topological polar surface area (TPSA) is 53.1 Å². The first-order valence-electron chi connectivity index (χ1n) is 7.43. The number of carbonyl (C=O) groups is 1. The molecule has 0 saturated carbocycles. The van der Waals surface area contributed by atoms with Gasteiger partial charge in [0.1, 0.15) is 0 Å². The van der Waals surface area contributed by atoms with E-state index < -0.39 is 17.6 Å². The number of fused-ring (bicyclic) bond motifs is 1. The number of hydrogen-bond donors (Lipinski definition) is 2. The number of halogens is 3. The van der Waals surface area contributed by atoms with E-state index in [-0.39, 0.29) is 6.42 Å². The van der Waals surface area contributed by atoms with Gasteiger partial charge in [0.15, 0.2) is 11.6 Å². The number of benzene rings is 2. The molecule has 0 aliphatic heterocycles. The summed E-state index contributed by atoms with van der Waals surface area (Å²) in [5, 5.41) is 10.2. The molecule has 2 N–H and O–H groups in total. The molecule has 0 spiro atoms. The Bertz CT molecular complexity index is 921.